The first-order chi connectivity index (χ1) is 16.4. The van der Waals surface area contributed by atoms with Crippen LogP contribution in [0.25, 0.3) is 0 Å². The Labute approximate surface area is 208 Å². The molecule has 0 aromatic heterocycles. The molecule has 6 rings (SSSR count). The summed E-state index contributed by atoms with van der Waals surface area (Å²) in [6.07, 6.45) is 16.1. The van der Waals surface area contributed by atoms with Crippen molar-refractivity contribution in [3.05, 3.63) is 77.0 Å². The van der Waals surface area contributed by atoms with Crippen LogP contribution in [0.1, 0.15) is 99.8 Å². The van der Waals surface area contributed by atoms with E-state index in [1.807, 2.05) is 0 Å². The molecule has 0 N–H and O–H groups in total. The van der Waals surface area contributed by atoms with Crippen molar-refractivity contribution in [2.24, 2.45) is 11.3 Å². The minimum Gasteiger partial charge on any atom is -0.345 e. The second kappa shape index (κ2) is 9.56. The molecule has 0 heterocycles. The highest BCUT2D eigenvalue weighted by molar-refractivity contribution is 5.54. The molecule has 0 saturated heterocycles. The average Bonchev–Trinajstić information content (AvgIpc) is 2.88. The Morgan fingerprint density at radius 3 is 2.24 bits per heavy atom. The first-order valence-electron chi connectivity index (χ1n) is 14.1. The van der Waals surface area contributed by atoms with Gasteiger partial charge in [0.25, 0.3) is 0 Å². The Hall–Kier alpha value is -2.02. The van der Waals surface area contributed by atoms with E-state index in [0.717, 1.165) is 13.0 Å². The van der Waals surface area contributed by atoms with Crippen molar-refractivity contribution < 1.29 is 0 Å². The molecule has 0 spiro atoms. The fraction of sp³-hybridized carbons (Fsp3) is 0.576. The van der Waals surface area contributed by atoms with E-state index in [-0.39, 0.29) is 0 Å². The van der Waals surface area contributed by atoms with Crippen molar-refractivity contribution in [3.63, 3.8) is 0 Å². The molecule has 0 amide bonds. The standard InChI is InChI=1S/C33H45N/c1-5-28-14-15-30(23-26(28)3)33-19-16-32(17-20-33,18-21-33)24-34(31-13-9-10-25(2)22-31)27(4)29-11-7-6-8-12-29/h9-10,13-15,22-23,29H,4-8,11-12,16-21,24H2,1-3H3. The number of anilines is 1. The first-order valence-corrected chi connectivity index (χ1v) is 14.1. The summed E-state index contributed by atoms with van der Waals surface area (Å²) < 4.78 is 0. The maximum Gasteiger partial charge on any atom is 0.0410 e. The molecule has 0 atom stereocenters. The minimum absolute atomic E-state index is 0.424. The zero-order valence-electron chi connectivity index (χ0n) is 22.0. The molecule has 1 nitrogen and oxygen atoms in total. The molecule has 2 bridgehead atoms. The van der Waals surface area contributed by atoms with Gasteiger partial charge in [0.05, 0.1) is 0 Å². The molecule has 182 valence electrons. The van der Waals surface area contributed by atoms with E-state index in [2.05, 4.69) is 68.1 Å². The van der Waals surface area contributed by atoms with Crippen molar-refractivity contribution in [1.29, 1.82) is 0 Å². The van der Waals surface area contributed by atoms with Crippen LogP contribution in [0, 0.1) is 25.2 Å². The van der Waals surface area contributed by atoms with Gasteiger partial charge in [-0.25, -0.2) is 0 Å². The van der Waals surface area contributed by atoms with Crippen LogP contribution in [0.4, 0.5) is 5.69 Å². The van der Waals surface area contributed by atoms with Gasteiger partial charge in [-0.3, -0.25) is 0 Å². The summed E-state index contributed by atoms with van der Waals surface area (Å²) in [7, 11) is 0. The van der Waals surface area contributed by atoms with E-state index in [1.54, 1.807) is 5.56 Å². The van der Waals surface area contributed by atoms with Crippen molar-refractivity contribution in [1.82, 2.24) is 0 Å². The fourth-order valence-corrected chi connectivity index (χ4v) is 7.50. The third-order valence-electron chi connectivity index (χ3n) is 9.97. The molecule has 4 saturated carbocycles. The highest BCUT2D eigenvalue weighted by atomic mass is 15.2. The Balaban J connectivity index is 1.37. The summed E-state index contributed by atoms with van der Waals surface area (Å²) in [5.74, 6) is 0.664. The molecule has 2 aromatic carbocycles. The van der Waals surface area contributed by atoms with Gasteiger partial charge in [-0.05, 0) is 123 Å². The summed E-state index contributed by atoms with van der Waals surface area (Å²) in [6, 6.07) is 16.6. The van der Waals surface area contributed by atoms with Gasteiger partial charge in [0.2, 0.25) is 0 Å². The monoisotopic (exact) mass is 455 g/mol. The first kappa shape index (κ1) is 23.7. The van der Waals surface area contributed by atoms with E-state index in [0.29, 0.717) is 16.7 Å². The highest BCUT2D eigenvalue weighted by Gasteiger charge is 2.50. The summed E-state index contributed by atoms with van der Waals surface area (Å²) in [6.45, 7) is 12.7. The predicted octanol–water partition coefficient (Wildman–Crippen LogP) is 9.06. The second-order valence-corrected chi connectivity index (χ2v) is 12.0. The number of hydrogen-bond donors (Lipinski definition) is 0. The molecule has 2 aromatic rings. The zero-order valence-corrected chi connectivity index (χ0v) is 22.0. The minimum atomic E-state index is 0.424. The molecule has 0 radical (unpaired) electrons. The third kappa shape index (κ3) is 4.48. The van der Waals surface area contributed by atoms with Gasteiger partial charge in [0, 0.05) is 17.9 Å². The molecule has 4 aliphatic carbocycles. The zero-order chi connectivity index (χ0) is 23.8. The Bertz CT molecular complexity index is 1000. The number of benzene rings is 2. The van der Waals surface area contributed by atoms with Gasteiger partial charge in [-0.2, -0.15) is 0 Å². The van der Waals surface area contributed by atoms with Crippen LogP contribution < -0.4 is 4.90 Å². The number of rotatable bonds is 7. The molecular formula is C33H45N. The smallest absolute Gasteiger partial charge is 0.0410 e. The van der Waals surface area contributed by atoms with Crippen LogP contribution in [-0.4, -0.2) is 6.54 Å². The van der Waals surface area contributed by atoms with Gasteiger partial charge in [-0.15, -0.1) is 0 Å². The molecular weight excluding hydrogens is 410 g/mol. The second-order valence-electron chi connectivity index (χ2n) is 12.0. The molecule has 4 aliphatic rings. The number of nitrogens with zero attached hydrogens (tertiary/aromatic N) is 1. The quantitative estimate of drug-likeness (QED) is 0.402. The lowest BCUT2D eigenvalue weighted by Crippen LogP contribution is -2.49. The number of fused-ring (bicyclic) bond motifs is 3. The lowest BCUT2D eigenvalue weighted by molar-refractivity contribution is 0.0460. The van der Waals surface area contributed by atoms with Crippen molar-refractivity contribution >= 4 is 5.69 Å². The molecule has 0 aliphatic heterocycles. The van der Waals surface area contributed by atoms with Gasteiger partial charge >= 0.3 is 0 Å². The molecule has 4 fully saturated rings. The summed E-state index contributed by atoms with van der Waals surface area (Å²) in [5.41, 5.74) is 9.62. The summed E-state index contributed by atoms with van der Waals surface area (Å²) >= 11 is 0. The van der Waals surface area contributed by atoms with Crippen LogP contribution in [-0.2, 0) is 11.8 Å². The van der Waals surface area contributed by atoms with E-state index in [1.165, 1.54) is 98.7 Å². The van der Waals surface area contributed by atoms with Gasteiger partial charge in [0.1, 0.15) is 0 Å². The topological polar surface area (TPSA) is 3.24 Å². The summed E-state index contributed by atoms with van der Waals surface area (Å²) in [5, 5.41) is 0. The van der Waals surface area contributed by atoms with E-state index in [4.69, 9.17) is 6.58 Å². The molecule has 34 heavy (non-hydrogen) atoms. The average molecular weight is 456 g/mol. The van der Waals surface area contributed by atoms with Crippen LogP contribution in [0.5, 0.6) is 0 Å². The van der Waals surface area contributed by atoms with E-state index < -0.39 is 0 Å². The van der Waals surface area contributed by atoms with Crippen LogP contribution in [0.2, 0.25) is 0 Å². The number of hydrogen-bond acceptors (Lipinski definition) is 1. The maximum atomic E-state index is 4.74. The van der Waals surface area contributed by atoms with Crippen molar-refractivity contribution in [2.75, 3.05) is 11.4 Å². The van der Waals surface area contributed by atoms with E-state index in [9.17, 15) is 0 Å². The lowest BCUT2D eigenvalue weighted by atomic mass is 9.51. The van der Waals surface area contributed by atoms with Gasteiger partial charge in [0.15, 0.2) is 0 Å². The third-order valence-corrected chi connectivity index (χ3v) is 9.97. The Kier molecular flexibility index (Phi) is 6.66. The van der Waals surface area contributed by atoms with Gasteiger partial charge in [-0.1, -0.05) is 63.1 Å². The van der Waals surface area contributed by atoms with Crippen molar-refractivity contribution in [3.8, 4) is 0 Å². The van der Waals surface area contributed by atoms with Gasteiger partial charge < -0.3 is 4.90 Å². The number of aryl methyl sites for hydroxylation is 3. The highest BCUT2D eigenvalue weighted by Crippen LogP contribution is 2.58. The largest absolute Gasteiger partial charge is 0.345 e. The number of allylic oxidation sites excluding steroid dienone is 1. The molecule has 1 heteroatoms. The van der Waals surface area contributed by atoms with Crippen LogP contribution in [0.3, 0.4) is 0 Å². The Morgan fingerprint density at radius 1 is 0.912 bits per heavy atom. The van der Waals surface area contributed by atoms with E-state index >= 15 is 0 Å². The van der Waals surface area contributed by atoms with Crippen LogP contribution >= 0.6 is 0 Å². The lowest BCUT2D eigenvalue weighted by Gasteiger charge is -2.55. The van der Waals surface area contributed by atoms with Crippen molar-refractivity contribution in [2.45, 2.75) is 103 Å². The Morgan fingerprint density at radius 2 is 1.62 bits per heavy atom. The molecule has 0 unspecified atom stereocenters. The fourth-order valence-electron chi connectivity index (χ4n) is 7.50. The van der Waals surface area contributed by atoms with Crippen LogP contribution in [0.15, 0.2) is 54.7 Å². The predicted molar refractivity (Wildman–Crippen MR) is 147 cm³/mol. The maximum absolute atomic E-state index is 4.74. The SMILES string of the molecule is C=C(C1CCCCC1)N(CC12CCC(c3ccc(CC)c(C)c3)(CC1)CC2)c1cccc(C)c1. The normalized spacial score (nSPS) is 27.0. The summed E-state index contributed by atoms with van der Waals surface area (Å²) in [4.78, 5) is 2.67.